The summed E-state index contributed by atoms with van der Waals surface area (Å²) in [6, 6.07) is 0. The number of likely N-dealkylation sites (N-methyl/N-ethyl adjacent to an activating group) is 1. The van der Waals surface area contributed by atoms with Gasteiger partial charge >= 0.3 is 11.8 Å². The van der Waals surface area contributed by atoms with Crippen LogP contribution in [0.25, 0.3) is 0 Å². The Kier molecular flexibility index (Phi) is 6.04. The van der Waals surface area contributed by atoms with Gasteiger partial charge in [-0.2, -0.15) is 0 Å². The van der Waals surface area contributed by atoms with Crippen molar-refractivity contribution in [3.63, 3.8) is 0 Å². The minimum atomic E-state index is -0.638. The van der Waals surface area contributed by atoms with E-state index in [0.717, 1.165) is 12.8 Å². The van der Waals surface area contributed by atoms with Crippen molar-refractivity contribution in [2.45, 2.75) is 32.1 Å². The molecule has 0 aromatic carbocycles. The highest BCUT2D eigenvalue weighted by molar-refractivity contribution is 7.80. The van der Waals surface area contributed by atoms with Crippen molar-refractivity contribution in [3.05, 3.63) is 0 Å². The Morgan fingerprint density at radius 2 is 1.94 bits per heavy atom. The standard InChI is InChI=1S/C12H21N3O2S/c1-15(8-9-5-3-2-4-6-9)12(17)11(16)14-7-10(13)18/h9H,2-8H2,1H3,(H2,13,18)(H,14,16). The molecule has 0 atom stereocenters. The van der Waals surface area contributed by atoms with Crippen LogP contribution in [0.3, 0.4) is 0 Å². The molecule has 1 aliphatic carbocycles. The summed E-state index contributed by atoms with van der Waals surface area (Å²) in [5, 5.41) is 2.40. The van der Waals surface area contributed by atoms with Gasteiger partial charge in [0.2, 0.25) is 0 Å². The summed E-state index contributed by atoms with van der Waals surface area (Å²) in [6.45, 7) is 0.719. The highest BCUT2D eigenvalue weighted by Crippen LogP contribution is 2.23. The molecular formula is C12H21N3O2S. The fourth-order valence-electron chi connectivity index (χ4n) is 2.26. The third-order valence-corrected chi connectivity index (χ3v) is 3.37. The second-order valence-electron chi connectivity index (χ2n) is 4.84. The van der Waals surface area contributed by atoms with Crippen LogP contribution in [0, 0.1) is 5.92 Å². The van der Waals surface area contributed by atoms with E-state index in [0.29, 0.717) is 12.5 Å². The molecule has 102 valence electrons. The normalized spacial score (nSPS) is 16.1. The van der Waals surface area contributed by atoms with Gasteiger partial charge in [0.25, 0.3) is 0 Å². The number of hydrogen-bond acceptors (Lipinski definition) is 3. The van der Waals surface area contributed by atoms with E-state index in [1.54, 1.807) is 7.05 Å². The molecule has 18 heavy (non-hydrogen) atoms. The maximum atomic E-state index is 11.8. The fraction of sp³-hybridized carbons (Fsp3) is 0.750. The molecule has 0 aromatic heterocycles. The monoisotopic (exact) mass is 271 g/mol. The Balaban J connectivity index is 2.35. The zero-order valence-corrected chi connectivity index (χ0v) is 11.6. The molecule has 0 radical (unpaired) electrons. The lowest BCUT2D eigenvalue weighted by atomic mass is 9.89. The molecule has 1 fully saturated rings. The minimum absolute atomic E-state index is 0.0666. The van der Waals surface area contributed by atoms with Crippen LogP contribution in [0.4, 0.5) is 0 Å². The second-order valence-corrected chi connectivity index (χ2v) is 5.36. The first-order chi connectivity index (χ1) is 8.50. The van der Waals surface area contributed by atoms with Crippen LogP contribution in [0.2, 0.25) is 0 Å². The summed E-state index contributed by atoms with van der Waals surface area (Å²) in [4.78, 5) is 24.9. The smallest absolute Gasteiger partial charge is 0.311 e. The molecule has 6 heteroatoms. The van der Waals surface area contributed by atoms with Crippen molar-refractivity contribution in [2.24, 2.45) is 11.7 Å². The molecule has 1 saturated carbocycles. The van der Waals surface area contributed by atoms with Crippen molar-refractivity contribution in [1.29, 1.82) is 0 Å². The van der Waals surface area contributed by atoms with Gasteiger partial charge < -0.3 is 16.0 Å². The van der Waals surface area contributed by atoms with E-state index >= 15 is 0 Å². The summed E-state index contributed by atoms with van der Waals surface area (Å²) < 4.78 is 0. The van der Waals surface area contributed by atoms with E-state index in [1.165, 1.54) is 24.2 Å². The molecule has 3 N–H and O–H groups in total. The average Bonchev–Trinajstić information content (AvgIpc) is 2.36. The number of amides is 2. The number of nitrogens with one attached hydrogen (secondary N) is 1. The largest absolute Gasteiger partial charge is 0.392 e. The minimum Gasteiger partial charge on any atom is -0.392 e. The Morgan fingerprint density at radius 1 is 1.33 bits per heavy atom. The van der Waals surface area contributed by atoms with Crippen molar-refractivity contribution in [3.8, 4) is 0 Å². The lowest BCUT2D eigenvalue weighted by molar-refractivity contribution is -0.145. The highest BCUT2D eigenvalue weighted by atomic mass is 32.1. The zero-order valence-electron chi connectivity index (χ0n) is 10.8. The molecule has 0 bridgehead atoms. The van der Waals surface area contributed by atoms with Gasteiger partial charge in [-0.3, -0.25) is 9.59 Å². The summed E-state index contributed by atoms with van der Waals surface area (Å²) >= 11 is 4.64. The number of carbonyl (C=O) groups excluding carboxylic acids is 2. The van der Waals surface area contributed by atoms with Gasteiger partial charge in [-0.15, -0.1) is 0 Å². The first kappa shape index (κ1) is 14.9. The molecule has 1 rings (SSSR count). The zero-order chi connectivity index (χ0) is 13.5. The van der Waals surface area contributed by atoms with Crippen LogP contribution in [-0.4, -0.2) is 41.8 Å². The molecule has 0 unspecified atom stereocenters. The lowest BCUT2D eigenvalue weighted by Crippen LogP contribution is -2.45. The number of nitrogens with two attached hydrogens (primary N) is 1. The Labute approximate surface area is 113 Å². The Hall–Kier alpha value is -1.17. The van der Waals surface area contributed by atoms with Crippen LogP contribution in [0.15, 0.2) is 0 Å². The van der Waals surface area contributed by atoms with E-state index in [4.69, 9.17) is 5.73 Å². The number of rotatable bonds is 4. The Morgan fingerprint density at radius 3 is 2.50 bits per heavy atom. The van der Waals surface area contributed by atoms with Crippen molar-refractivity contribution < 1.29 is 9.59 Å². The Bertz CT molecular complexity index is 327. The molecule has 0 aliphatic heterocycles. The van der Waals surface area contributed by atoms with Crippen LogP contribution >= 0.6 is 12.2 Å². The topological polar surface area (TPSA) is 75.4 Å². The van der Waals surface area contributed by atoms with Crippen molar-refractivity contribution in [1.82, 2.24) is 10.2 Å². The van der Waals surface area contributed by atoms with E-state index in [1.807, 2.05) is 0 Å². The molecule has 0 spiro atoms. The average molecular weight is 271 g/mol. The van der Waals surface area contributed by atoms with Gasteiger partial charge in [-0.25, -0.2) is 0 Å². The maximum Gasteiger partial charge on any atom is 0.311 e. The van der Waals surface area contributed by atoms with Crippen LogP contribution in [0.1, 0.15) is 32.1 Å². The third kappa shape index (κ3) is 5.00. The maximum absolute atomic E-state index is 11.8. The van der Waals surface area contributed by atoms with Crippen molar-refractivity contribution >= 4 is 29.0 Å². The molecule has 0 saturated heterocycles. The molecule has 5 nitrogen and oxygen atoms in total. The van der Waals surface area contributed by atoms with Crippen molar-refractivity contribution in [2.75, 3.05) is 20.1 Å². The van der Waals surface area contributed by atoms with Gasteiger partial charge in [0, 0.05) is 13.6 Å². The third-order valence-electron chi connectivity index (χ3n) is 3.22. The predicted octanol–water partition coefficient (Wildman–Crippen LogP) is 0.427. The van der Waals surface area contributed by atoms with Gasteiger partial charge in [-0.05, 0) is 18.8 Å². The predicted molar refractivity (Wildman–Crippen MR) is 74.0 cm³/mol. The van der Waals surface area contributed by atoms with E-state index < -0.39 is 11.8 Å². The van der Waals surface area contributed by atoms with Crippen LogP contribution < -0.4 is 11.1 Å². The molecule has 0 aromatic rings. The summed E-state index contributed by atoms with van der Waals surface area (Å²) in [5.41, 5.74) is 5.26. The van der Waals surface area contributed by atoms with Gasteiger partial charge in [-0.1, -0.05) is 31.5 Å². The lowest BCUT2D eigenvalue weighted by Gasteiger charge is -2.26. The second kappa shape index (κ2) is 7.31. The fourth-order valence-corrected chi connectivity index (χ4v) is 2.33. The number of hydrogen-bond donors (Lipinski definition) is 2. The SMILES string of the molecule is CN(CC1CCCCC1)C(=O)C(=O)NCC(N)=S. The number of nitrogens with zero attached hydrogens (tertiary/aromatic N) is 1. The van der Waals surface area contributed by atoms with Gasteiger partial charge in [0.05, 0.1) is 11.5 Å². The molecule has 1 aliphatic rings. The molecule has 0 heterocycles. The molecule has 2 amide bonds. The number of carbonyl (C=O) groups is 2. The van der Waals surface area contributed by atoms with Gasteiger partial charge in [0.15, 0.2) is 0 Å². The molecular weight excluding hydrogens is 250 g/mol. The first-order valence-corrected chi connectivity index (χ1v) is 6.73. The van der Waals surface area contributed by atoms with Gasteiger partial charge in [0.1, 0.15) is 0 Å². The van der Waals surface area contributed by atoms with Crippen LogP contribution in [0.5, 0.6) is 0 Å². The van der Waals surface area contributed by atoms with E-state index in [9.17, 15) is 9.59 Å². The van der Waals surface area contributed by atoms with E-state index in [-0.39, 0.29) is 11.5 Å². The highest BCUT2D eigenvalue weighted by Gasteiger charge is 2.22. The quantitative estimate of drug-likeness (QED) is 0.574. The van der Waals surface area contributed by atoms with E-state index in [2.05, 4.69) is 17.5 Å². The summed E-state index contributed by atoms with van der Waals surface area (Å²) in [6.07, 6.45) is 6.02. The first-order valence-electron chi connectivity index (χ1n) is 6.32. The summed E-state index contributed by atoms with van der Waals surface area (Å²) in [7, 11) is 1.66. The number of thiocarbonyl (C=S) groups is 1. The van der Waals surface area contributed by atoms with Crippen LogP contribution in [-0.2, 0) is 9.59 Å². The summed E-state index contributed by atoms with van der Waals surface area (Å²) in [5.74, 6) is -0.631.